The molecule has 0 aromatic heterocycles. The lowest BCUT2D eigenvalue weighted by Crippen LogP contribution is -2.49. The Morgan fingerprint density at radius 2 is 1.94 bits per heavy atom. The fraction of sp³-hybridized carbons (Fsp3) is 0.833. The smallest absolute Gasteiger partial charge is 0.328 e. The van der Waals surface area contributed by atoms with E-state index in [9.17, 15) is 9.59 Å². The zero-order chi connectivity index (χ0) is 12.9. The summed E-state index contributed by atoms with van der Waals surface area (Å²) in [6.07, 6.45) is 3.48. The third kappa shape index (κ3) is 4.73. The summed E-state index contributed by atoms with van der Waals surface area (Å²) in [7, 11) is 0. The molecule has 5 nitrogen and oxygen atoms in total. The minimum atomic E-state index is -1.18. The molecule has 1 amide bonds. The number of piperidine rings is 1. The molecule has 0 aliphatic carbocycles. The maximum atomic E-state index is 11.6. The minimum Gasteiger partial charge on any atom is -0.480 e. The van der Waals surface area contributed by atoms with Gasteiger partial charge in [-0.2, -0.15) is 0 Å². The molecule has 0 bridgehead atoms. The van der Waals surface area contributed by atoms with Crippen molar-refractivity contribution in [3.8, 4) is 0 Å². The zero-order valence-corrected chi connectivity index (χ0v) is 10.6. The van der Waals surface area contributed by atoms with E-state index in [1.807, 2.05) is 0 Å². The normalized spacial score (nSPS) is 17.8. The lowest BCUT2D eigenvalue weighted by molar-refractivity contribution is -0.146. The summed E-state index contributed by atoms with van der Waals surface area (Å²) in [6, 6.07) is 0. The molecule has 0 aromatic rings. The molecule has 98 valence electrons. The summed E-state index contributed by atoms with van der Waals surface area (Å²) in [6.45, 7) is 5.04. The van der Waals surface area contributed by atoms with Crippen LogP contribution < -0.4 is 10.6 Å². The van der Waals surface area contributed by atoms with Crippen molar-refractivity contribution >= 4 is 11.9 Å². The first-order chi connectivity index (χ1) is 7.92. The van der Waals surface area contributed by atoms with Gasteiger partial charge in [-0.15, -0.1) is 0 Å². The first-order valence-electron chi connectivity index (χ1n) is 6.17. The molecule has 1 rings (SSSR count). The molecule has 1 aliphatic rings. The van der Waals surface area contributed by atoms with Crippen LogP contribution in [0.1, 0.15) is 39.5 Å². The zero-order valence-electron chi connectivity index (χ0n) is 10.6. The highest BCUT2D eigenvalue weighted by Crippen LogP contribution is 2.17. The maximum Gasteiger partial charge on any atom is 0.328 e. The van der Waals surface area contributed by atoms with Crippen LogP contribution in [0.15, 0.2) is 0 Å². The fourth-order valence-corrected chi connectivity index (χ4v) is 1.97. The Morgan fingerprint density at radius 3 is 2.47 bits per heavy atom. The number of carbonyl (C=O) groups excluding carboxylic acids is 1. The van der Waals surface area contributed by atoms with E-state index in [4.69, 9.17) is 5.11 Å². The van der Waals surface area contributed by atoms with E-state index >= 15 is 0 Å². The molecule has 3 N–H and O–H groups in total. The third-order valence-electron chi connectivity index (χ3n) is 3.22. The summed E-state index contributed by atoms with van der Waals surface area (Å²) in [5.41, 5.74) is -1.18. The predicted molar refractivity (Wildman–Crippen MR) is 64.7 cm³/mol. The van der Waals surface area contributed by atoms with E-state index in [0.717, 1.165) is 32.4 Å². The summed E-state index contributed by atoms with van der Waals surface area (Å²) >= 11 is 0. The molecule has 1 fully saturated rings. The van der Waals surface area contributed by atoms with Gasteiger partial charge in [0.05, 0.1) is 0 Å². The SMILES string of the molecule is CC(C)(NC(=O)CCC1CCNCC1)C(=O)O. The Kier molecular flexibility index (Phi) is 4.93. The number of carbonyl (C=O) groups is 2. The highest BCUT2D eigenvalue weighted by Gasteiger charge is 2.28. The van der Waals surface area contributed by atoms with Crippen LogP contribution in [0.3, 0.4) is 0 Å². The second-order valence-corrected chi connectivity index (χ2v) is 5.21. The summed E-state index contributed by atoms with van der Waals surface area (Å²) in [5, 5.41) is 14.7. The molecule has 1 aliphatic heterocycles. The molecule has 0 unspecified atom stereocenters. The van der Waals surface area contributed by atoms with Crippen molar-refractivity contribution in [2.75, 3.05) is 13.1 Å². The summed E-state index contributed by atoms with van der Waals surface area (Å²) in [5.74, 6) is -0.585. The van der Waals surface area contributed by atoms with Crippen LogP contribution in [-0.2, 0) is 9.59 Å². The van der Waals surface area contributed by atoms with E-state index in [1.54, 1.807) is 0 Å². The van der Waals surface area contributed by atoms with Gasteiger partial charge >= 0.3 is 5.97 Å². The molecule has 5 heteroatoms. The lowest BCUT2D eigenvalue weighted by atomic mass is 9.93. The van der Waals surface area contributed by atoms with Crippen molar-refractivity contribution in [3.05, 3.63) is 0 Å². The Morgan fingerprint density at radius 1 is 1.35 bits per heavy atom. The molecule has 1 heterocycles. The molecular formula is C12H22N2O3. The number of nitrogens with one attached hydrogen (secondary N) is 2. The highest BCUT2D eigenvalue weighted by atomic mass is 16.4. The third-order valence-corrected chi connectivity index (χ3v) is 3.22. The molecule has 17 heavy (non-hydrogen) atoms. The van der Waals surface area contributed by atoms with Crippen LogP contribution in [-0.4, -0.2) is 35.6 Å². The molecule has 0 saturated carbocycles. The minimum absolute atomic E-state index is 0.170. The fourth-order valence-electron chi connectivity index (χ4n) is 1.97. The van der Waals surface area contributed by atoms with E-state index < -0.39 is 11.5 Å². The number of hydrogen-bond acceptors (Lipinski definition) is 3. The van der Waals surface area contributed by atoms with Crippen LogP contribution >= 0.6 is 0 Å². The molecule has 0 aromatic carbocycles. The van der Waals surface area contributed by atoms with Gasteiger partial charge in [0, 0.05) is 6.42 Å². The van der Waals surface area contributed by atoms with Crippen molar-refractivity contribution in [2.45, 2.75) is 45.1 Å². The Bertz CT molecular complexity index is 283. The van der Waals surface area contributed by atoms with Crippen molar-refractivity contribution in [2.24, 2.45) is 5.92 Å². The van der Waals surface area contributed by atoms with Crippen molar-refractivity contribution < 1.29 is 14.7 Å². The molecule has 1 saturated heterocycles. The largest absolute Gasteiger partial charge is 0.480 e. The second kappa shape index (κ2) is 6.00. The predicted octanol–water partition coefficient (Wildman–Crippen LogP) is 0.746. The van der Waals surface area contributed by atoms with Gasteiger partial charge in [0.25, 0.3) is 0 Å². The van der Waals surface area contributed by atoms with Crippen LogP contribution in [0.4, 0.5) is 0 Å². The Labute approximate surface area is 102 Å². The monoisotopic (exact) mass is 242 g/mol. The molecule has 0 radical (unpaired) electrons. The van der Waals surface area contributed by atoms with Gasteiger partial charge < -0.3 is 15.7 Å². The first kappa shape index (κ1) is 14.0. The average Bonchev–Trinajstić information content (AvgIpc) is 2.27. The molecular weight excluding hydrogens is 220 g/mol. The van der Waals surface area contributed by atoms with Gasteiger partial charge in [0.15, 0.2) is 0 Å². The van der Waals surface area contributed by atoms with E-state index in [0.29, 0.717) is 12.3 Å². The van der Waals surface area contributed by atoms with Gasteiger partial charge in [-0.1, -0.05) is 0 Å². The molecule has 0 atom stereocenters. The van der Waals surface area contributed by atoms with Gasteiger partial charge in [0.1, 0.15) is 5.54 Å². The lowest BCUT2D eigenvalue weighted by Gasteiger charge is -2.24. The van der Waals surface area contributed by atoms with Gasteiger partial charge in [-0.3, -0.25) is 4.79 Å². The van der Waals surface area contributed by atoms with Gasteiger partial charge in [-0.25, -0.2) is 4.79 Å². The van der Waals surface area contributed by atoms with Crippen LogP contribution in [0.25, 0.3) is 0 Å². The Hall–Kier alpha value is -1.10. The first-order valence-corrected chi connectivity index (χ1v) is 6.17. The van der Waals surface area contributed by atoms with E-state index in [-0.39, 0.29) is 5.91 Å². The summed E-state index contributed by atoms with van der Waals surface area (Å²) < 4.78 is 0. The Balaban J connectivity index is 2.27. The van der Waals surface area contributed by atoms with E-state index in [2.05, 4.69) is 10.6 Å². The number of hydrogen-bond donors (Lipinski definition) is 3. The van der Waals surface area contributed by atoms with Crippen LogP contribution in [0.2, 0.25) is 0 Å². The highest BCUT2D eigenvalue weighted by molar-refractivity contribution is 5.86. The number of carboxylic acid groups (broad SMARTS) is 1. The molecule has 0 spiro atoms. The number of amides is 1. The quantitative estimate of drug-likeness (QED) is 0.664. The van der Waals surface area contributed by atoms with Crippen molar-refractivity contribution in [1.82, 2.24) is 10.6 Å². The standard InChI is InChI=1S/C12H22N2O3/c1-12(2,11(16)17)14-10(15)4-3-9-5-7-13-8-6-9/h9,13H,3-8H2,1-2H3,(H,14,15)(H,16,17). The second-order valence-electron chi connectivity index (χ2n) is 5.21. The average molecular weight is 242 g/mol. The number of rotatable bonds is 5. The number of aliphatic carboxylic acids is 1. The van der Waals surface area contributed by atoms with Gasteiger partial charge in [-0.05, 0) is 52.1 Å². The van der Waals surface area contributed by atoms with Crippen LogP contribution in [0.5, 0.6) is 0 Å². The summed E-state index contributed by atoms with van der Waals surface area (Å²) in [4.78, 5) is 22.5. The van der Waals surface area contributed by atoms with Gasteiger partial charge in [0.2, 0.25) is 5.91 Å². The van der Waals surface area contributed by atoms with Crippen molar-refractivity contribution in [3.63, 3.8) is 0 Å². The number of carboxylic acids is 1. The maximum absolute atomic E-state index is 11.6. The van der Waals surface area contributed by atoms with Crippen LogP contribution in [0, 0.1) is 5.92 Å². The van der Waals surface area contributed by atoms with E-state index in [1.165, 1.54) is 13.8 Å². The topological polar surface area (TPSA) is 78.4 Å². The van der Waals surface area contributed by atoms with Crippen molar-refractivity contribution in [1.29, 1.82) is 0 Å².